The van der Waals surface area contributed by atoms with Crippen LogP contribution in [-0.4, -0.2) is 46.4 Å². The highest BCUT2D eigenvalue weighted by Gasteiger charge is 2.20. The number of piperidine rings is 1. The Labute approximate surface area is 153 Å². The molecule has 2 N–H and O–H groups in total. The van der Waals surface area contributed by atoms with Gasteiger partial charge >= 0.3 is 0 Å². The zero-order chi connectivity index (χ0) is 18.1. The fraction of sp³-hybridized carbons (Fsp3) is 0.333. The predicted octanol–water partition coefficient (Wildman–Crippen LogP) is 3.82. The number of phenols is 1. The van der Waals surface area contributed by atoms with Gasteiger partial charge < -0.3 is 15.3 Å². The summed E-state index contributed by atoms with van der Waals surface area (Å²) >= 11 is 0. The van der Waals surface area contributed by atoms with Crippen molar-refractivity contribution in [2.24, 2.45) is 0 Å². The Hall–Kier alpha value is -2.66. The molecule has 5 nitrogen and oxygen atoms in total. The van der Waals surface area contributed by atoms with Crippen molar-refractivity contribution >= 4 is 16.6 Å². The summed E-state index contributed by atoms with van der Waals surface area (Å²) in [6, 6.07) is 14.1. The Morgan fingerprint density at radius 1 is 1.12 bits per heavy atom. The van der Waals surface area contributed by atoms with E-state index < -0.39 is 0 Å². The number of anilines is 1. The van der Waals surface area contributed by atoms with Crippen molar-refractivity contribution in [2.75, 3.05) is 25.5 Å². The number of likely N-dealkylation sites (N-methyl/N-ethyl adjacent to an activating group) is 1. The lowest BCUT2D eigenvalue weighted by Gasteiger charge is -2.30. The Kier molecular flexibility index (Phi) is 4.47. The monoisotopic (exact) mass is 348 g/mol. The number of fused-ring (bicyclic) bond motifs is 1. The third kappa shape index (κ3) is 3.22. The van der Waals surface area contributed by atoms with Gasteiger partial charge in [-0.3, -0.25) is 0 Å². The van der Waals surface area contributed by atoms with Gasteiger partial charge in [-0.15, -0.1) is 10.2 Å². The van der Waals surface area contributed by atoms with Gasteiger partial charge in [0.1, 0.15) is 11.4 Å². The molecular weight excluding hydrogens is 324 g/mol. The molecule has 0 bridgehead atoms. The lowest BCUT2D eigenvalue weighted by atomic mass is 10.0. The third-order valence-electron chi connectivity index (χ3n) is 5.06. The van der Waals surface area contributed by atoms with E-state index in [9.17, 15) is 5.11 Å². The van der Waals surface area contributed by atoms with Crippen LogP contribution in [0.5, 0.6) is 5.75 Å². The highest BCUT2D eigenvalue weighted by Crippen LogP contribution is 2.35. The van der Waals surface area contributed by atoms with Crippen LogP contribution in [0.15, 0.2) is 42.5 Å². The number of aryl methyl sites for hydroxylation is 1. The molecule has 1 atom stereocenters. The Bertz CT molecular complexity index is 940. The van der Waals surface area contributed by atoms with Crippen molar-refractivity contribution in [1.29, 1.82) is 0 Å². The smallest absolute Gasteiger partial charge is 0.156 e. The van der Waals surface area contributed by atoms with Crippen molar-refractivity contribution in [3.63, 3.8) is 0 Å². The summed E-state index contributed by atoms with van der Waals surface area (Å²) in [6.07, 6.45) is 2.33. The zero-order valence-electron chi connectivity index (χ0n) is 15.2. The minimum atomic E-state index is 0.227. The Morgan fingerprint density at radius 2 is 1.92 bits per heavy atom. The largest absolute Gasteiger partial charge is 0.507 e. The van der Waals surface area contributed by atoms with Crippen LogP contribution in [0.1, 0.15) is 18.4 Å². The first kappa shape index (κ1) is 16.8. The van der Waals surface area contributed by atoms with E-state index in [-0.39, 0.29) is 5.75 Å². The van der Waals surface area contributed by atoms with Gasteiger partial charge in [0, 0.05) is 28.9 Å². The molecule has 0 spiro atoms. The summed E-state index contributed by atoms with van der Waals surface area (Å²) in [5, 5.41) is 24.9. The normalized spacial score (nSPS) is 18.2. The Balaban J connectivity index is 1.77. The first-order chi connectivity index (χ1) is 12.6. The lowest BCUT2D eigenvalue weighted by molar-refractivity contribution is 0.261. The first-order valence-corrected chi connectivity index (χ1v) is 9.12. The summed E-state index contributed by atoms with van der Waals surface area (Å²) in [7, 11) is 2.15. The molecule has 0 amide bonds. The molecule has 0 radical (unpaired) electrons. The van der Waals surface area contributed by atoms with Gasteiger partial charge in [0.05, 0.1) is 0 Å². The highest BCUT2D eigenvalue weighted by molar-refractivity contribution is 6.00. The number of aromatic nitrogens is 2. The molecule has 0 saturated carbocycles. The molecule has 2 heterocycles. The van der Waals surface area contributed by atoms with Crippen molar-refractivity contribution in [2.45, 2.75) is 25.8 Å². The van der Waals surface area contributed by atoms with Gasteiger partial charge in [-0.2, -0.15) is 0 Å². The molecule has 0 aliphatic carbocycles. The number of nitrogens with one attached hydrogen (secondary N) is 1. The van der Waals surface area contributed by atoms with Crippen LogP contribution in [0, 0.1) is 6.92 Å². The average Bonchev–Trinajstić information content (AvgIpc) is 2.64. The second-order valence-corrected chi connectivity index (χ2v) is 7.21. The van der Waals surface area contributed by atoms with Crippen LogP contribution in [0.2, 0.25) is 0 Å². The average molecular weight is 348 g/mol. The minimum Gasteiger partial charge on any atom is -0.507 e. The van der Waals surface area contributed by atoms with Gasteiger partial charge in [-0.25, -0.2) is 0 Å². The van der Waals surface area contributed by atoms with Crippen molar-refractivity contribution < 1.29 is 5.11 Å². The molecule has 0 unspecified atom stereocenters. The number of rotatable bonds is 3. The van der Waals surface area contributed by atoms with E-state index in [0.717, 1.165) is 47.2 Å². The second-order valence-electron chi connectivity index (χ2n) is 7.21. The number of likely N-dealkylation sites (tertiary alicyclic amines) is 1. The van der Waals surface area contributed by atoms with Crippen LogP contribution < -0.4 is 5.32 Å². The molecule has 1 aliphatic rings. The molecule has 134 valence electrons. The first-order valence-electron chi connectivity index (χ1n) is 9.12. The van der Waals surface area contributed by atoms with E-state index in [1.165, 1.54) is 6.42 Å². The summed E-state index contributed by atoms with van der Waals surface area (Å²) in [4.78, 5) is 2.34. The van der Waals surface area contributed by atoms with E-state index in [2.05, 4.69) is 33.5 Å². The van der Waals surface area contributed by atoms with Gasteiger partial charge in [0.15, 0.2) is 5.82 Å². The van der Waals surface area contributed by atoms with Gasteiger partial charge in [-0.05, 0) is 45.5 Å². The summed E-state index contributed by atoms with van der Waals surface area (Å²) in [6.45, 7) is 4.17. The number of hydrogen-bond donors (Lipinski definition) is 2. The molecule has 1 saturated heterocycles. The fourth-order valence-electron chi connectivity index (χ4n) is 3.73. The quantitative estimate of drug-likeness (QED) is 0.753. The van der Waals surface area contributed by atoms with Crippen molar-refractivity contribution in [1.82, 2.24) is 15.1 Å². The zero-order valence-corrected chi connectivity index (χ0v) is 15.2. The topological polar surface area (TPSA) is 61.3 Å². The Morgan fingerprint density at radius 3 is 2.73 bits per heavy atom. The molecular formula is C21H24N4O. The fourth-order valence-corrected chi connectivity index (χ4v) is 3.73. The molecule has 5 heteroatoms. The van der Waals surface area contributed by atoms with Crippen LogP contribution >= 0.6 is 0 Å². The molecule has 1 fully saturated rings. The van der Waals surface area contributed by atoms with Crippen LogP contribution in [-0.2, 0) is 0 Å². The van der Waals surface area contributed by atoms with Crippen LogP contribution in [0.3, 0.4) is 0 Å². The van der Waals surface area contributed by atoms with E-state index >= 15 is 0 Å². The van der Waals surface area contributed by atoms with E-state index in [1.54, 1.807) is 6.07 Å². The number of phenolic OH excluding ortho intramolecular Hbond substituents is 1. The molecule has 1 aliphatic heterocycles. The minimum absolute atomic E-state index is 0.227. The van der Waals surface area contributed by atoms with Gasteiger partial charge in [0.2, 0.25) is 0 Å². The highest BCUT2D eigenvalue weighted by atomic mass is 16.3. The van der Waals surface area contributed by atoms with Crippen molar-refractivity contribution in [3.05, 3.63) is 48.0 Å². The van der Waals surface area contributed by atoms with Crippen LogP contribution in [0.4, 0.5) is 5.82 Å². The van der Waals surface area contributed by atoms with E-state index in [0.29, 0.717) is 11.7 Å². The predicted molar refractivity (Wildman–Crippen MR) is 106 cm³/mol. The maximum Gasteiger partial charge on any atom is 0.156 e. The number of benzene rings is 2. The molecule has 26 heavy (non-hydrogen) atoms. The number of nitrogens with zero attached hydrogens (tertiary/aromatic N) is 3. The van der Waals surface area contributed by atoms with E-state index in [4.69, 9.17) is 0 Å². The molecule has 4 rings (SSSR count). The molecule has 3 aromatic rings. The third-order valence-corrected chi connectivity index (χ3v) is 5.06. The maximum absolute atomic E-state index is 10.3. The number of aromatic hydroxyl groups is 1. The number of hydrogen-bond acceptors (Lipinski definition) is 5. The summed E-state index contributed by atoms with van der Waals surface area (Å²) in [5.74, 6) is 1.04. The van der Waals surface area contributed by atoms with Crippen molar-refractivity contribution in [3.8, 4) is 17.0 Å². The second kappa shape index (κ2) is 6.92. The van der Waals surface area contributed by atoms with E-state index in [1.807, 2.05) is 37.3 Å². The summed E-state index contributed by atoms with van der Waals surface area (Å²) < 4.78 is 0. The van der Waals surface area contributed by atoms with Gasteiger partial charge in [-0.1, -0.05) is 35.9 Å². The molecule has 1 aromatic heterocycles. The SMILES string of the molecule is Cc1ccc(O)c(-c2nnc(N[C@@H]3CCCN(C)C3)c3ccccc23)c1. The summed E-state index contributed by atoms with van der Waals surface area (Å²) in [5.41, 5.74) is 2.52. The standard InChI is InChI=1S/C21H24N4O/c1-14-9-10-19(26)18(12-14)20-16-7-3-4-8-17(16)21(24-23-20)22-15-6-5-11-25(2)13-15/h3-4,7-10,12,15,26H,5-6,11,13H2,1-2H3,(H,22,24)/t15-/m1/s1. The molecule has 2 aromatic carbocycles. The maximum atomic E-state index is 10.3. The van der Waals surface area contributed by atoms with Gasteiger partial charge in [0.25, 0.3) is 0 Å². The van der Waals surface area contributed by atoms with Crippen LogP contribution in [0.25, 0.3) is 22.0 Å². The lowest BCUT2D eigenvalue weighted by Crippen LogP contribution is -2.40.